The molecule has 0 saturated heterocycles. The molecule has 6 heteroatoms. The number of hydrogen-bond donors (Lipinski definition) is 2. The van der Waals surface area contributed by atoms with E-state index in [0.29, 0.717) is 11.3 Å². The van der Waals surface area contributed by atoms with Crippen molar-refractivity contribution in [1.82, 2.24) is 15.6 Å². The smallest absolute Gasteiger partial charge is 0.191 e. The van der Waals surface area contributed by atoms with E-state index in [2.05, 4.69) is 46.8 Å². The number of hydrogen-bond acceptors (Lipinski definition) is 4. The average Bonchev–Trinajstić information content (AvgIpc) is 3.25. The Hall–Kier alpha value is -1.14. The van der Waals surface area contributed by atoms with Gasteiger partial charge in [0.1, 0.15) is 0 Å². The topological polar surface area (TPSA) is 58.5 Å². The third-order valence-corrected chi connectivity index (χ3v) is 6.19. The maximum atomic E-state index is 5.60. The quantitative estimate of drug-likeness (QED) is 0.395. The van der Waals surface area contributed by atoms with Gasteiger partial charge >= 0.3 is 0 Å². The van der Waals surface area contributed by atoms with Crippen LogP contribution in [0.15, 0.2) is 10.4 Å². The number of nitrogens with one attached hydrogen (secondary N) is 2. The molecule has 1 aromatic heterocycles. The van der Waals surface area contributed by atoms with Gasteiger partial charge in [-0.2, -0.15) is 0 Å². The van der Waals surface area contributed by atoms with Gasteiger partial charge in [0.2, 0.25) is 0 Å². The summed E-state index contributed by atoms with van der Waals surface area (Å²) in [6.45, 7) is 9.77. The van der Waals surface area contributed by atoms with Crippen LogP contribution in [0, 0.1) is 5.41 Å². The van der Waals surface area contributed by atoms with Crippen LogP contribution in [-0.2, 0) is 11.3 Å². The van der Waals surface area contributed by atoms with Gasteiger partial charge < -0.3 is 15.4 Å². The zero-order valence-electron chi connectivity index (χ0n) is 16.2. The Balaban J connectivity index is 1.81. The standard InChI is InChI=1S/C19H34N4OS/c1-5-24-11-10-19(8-6-7-9-19)14-22-18(20-4)21-12-16-13-25-17(23-16)15(2)3/h13,15H,5-12,14H2,1-4H3,(H2,20,21,22). The van der Waals surface area contributed by atoms with Gasteiger partial charge in [0.25, 0.3) is 0 Å². The van der Waals surface area contributed by atoms with Gasteiger partial charge in [0, 0.05) is 38.1 Å². The fourth-order valence-corrected chi connectivity index (χ4v) is 4.24. The van der Waals surface area contributed by atoms with Gasteiger partial charge in [-0.25, -0.2) is 4.98 Å². The Labute approximate surface area is 156 Å². The molecule has 25 heavy (non-hydrogen) atoms. The molecule has 2 N–H and O–H groups in total. The molecule has 2 rings (SSSR count). The maximum absolute atomic E-state index is 5.60. The summed E-state index contributed by atoms with van der Waals surface area (Å²) in [6, 6.07) is 0. The second-order valence-electron chi connectivity index (χ2n) is 7.27. The Bertz CT molecular complexity index is 535. The van der Waals surface area contributed by atoms with E-state index in [4.69, 9.17) is 4.74 Å². The number of nitrogens with zero attached hydrogens (tertiary/aromatic N) is 2. The third-order valence-electron chi connectivity index (χ3n) is 5.00. The Morgan fingerprint density at radius 1 is 1.36 bits per heavy atom. The van der Waals surface area contributed by atoms with E-state index in [1.54, 1.807) is 11.3 Å². The van der Waals surface area contributed by atoms with Crippen molar-refractivity contribution < 1.29 is 4.74 Å². The summed E-state index contributed by atoms with van der Waals surface area (Å²) in [5.41, 5.74) is 1.45. The lowest BCUT2D eigenvalue weighted by molar-refractivity contribution is 0.105. The molecule has 142 valence electrons. The number of aliphatic imine (C=N–C) groups is 1. The summed E-state index contributed by atoms with van der Waals surface area (Å²) in [5.74, 6) is 1.35. The summed E-state index contributed by atoms with van der Waals surface area (Å²) in [5, 5.41) is 10.3. The number of rotatable bonds is 9. The largest absolute Gasteiger partial charge is 0.382 e. The predicted molar refractivity (Wildman–Crippen MR) is 106 cm³/mol. The minimum absolute atomic E-state index is 0.359. The highest BCUT2D eigenvalue weighted by atomic mass is 32.1. The van der Waals surface area contributed by atoms with Crippen molar-refractivity contribution in [1.29, 1.82) is 0 Å². The second kappa shape index (κ2) is 10.1. The van der Waals surface area contributed by atoms with Gasteiger partial charge in [-0.3, -0.25) is 4.99 Å². The monoisotopic (exact) mass is 366 g/mol. The summed E-state index contributed by atoms with van der Waals surface area (Å²) < 4.78 is 5.60. The van der Waals surface area contributed by atoms with E-state index in [1.165, 1.54) is 30.7 Å². The first-order chi connectivity index (χ1) is 12.1. The SMILES string of the molecule is CCOCCC1(CNC(=NC)NCc2csc(C(C)C)n2)CCCC1. The van der Waals surface area contributed by atoms with Crippen LogP contribution in [0.2, 0.25) is 0 Å². The number of aromatic nitrogens is 1. The Morgan fingerprint density at radius 3 is 2.72 bits per heavy atom. The van der Waals surface area contributed by atoms with Crippen molar-refractivity contribution in [3.8, 4) is 0 Å². The average molecular weight is 367 g/mol. The molecule has 1 aromatic rings. The molecule has 0 atom stereocenters. The van der Waals surface area contributed by atoms with Gasteiger partial charge in [-0.05, 0) is 31.6 Å². The van der Waals surface area contributed by atoms with E-state index in [-0.39, 0.29) is 0 Å². The molecule has 0 spiro atoms. The van der Waals surface area contributed by atoms with E-state index < -0.39 is 0 Å². The minimum Gasteiger partial charge on any atom is -0.382 e. The molecule has 0 bridgehead atoms. The summed E-state index contributed by atoms with van der Waals surface area (Å²) in [6.07, 6.45) is 6.36. The van der Waals surface area contributed by atoms with E-state index >= 15 is 0 Å². The molecule has 1 aliphatic rings. The predicted octanol–water partition coefficient (Wildman–Crippen LogP) is 3.92. The van der Waals surface area contributed by atoms with Crippen LogP contribution < -0.4 is 10.6 Å². The highest BCUT2D eigenvalue weighted by Crippen LogP contribution is 2.40. The molecular weight excluding hydrogens is 332 g/mol. The van der Waals surface area contributed by atoms with Crippen molar-refractivity contribution in [2.75, 3.05) is 26.8 Å². The van der Waals surface area contributed by atoms with E-state index in [1.807, 2.05) is 7.05 Å². The highest BCUT2D eigenvalue weighted by molar-refractivity contribution is 7.09. The summed E-state index contributed by atoms with van der Waals surface area (Å²) >= 11 is 1.74. The fourth-order valence-electron chi connectivity index (χ4n) is 3.41. The van der Waals surface area contributed by atoms with E-state index in [0.717, 1.165) is 44.4 Å². The molecule has 1 fully saturated rings. The van der Waals surface area contributed by atoms with E-state index in [9.17, 15) is 0 Å². The highest BCUT2D eigenvalue weighted by Gasteiger charge is 2.33. The van der Waals surface area contributed by atoms with Crippen molar-refractivity contribution in [2.24, 2.45) is 10.4 Å². The summed E-state index contributed by atoms with van der Waals surface area (Å²) in [7, 11) is 1.83. The second-order valence-corrected chi connectivity index (χ2v) is 8.15. The van der Waals surface area contributed by atoms with Crippen molar-refractivity contribution in [2.45, 2.75) is 65.3 Å². The van der Waals surface area contributed by atoms with Crippen molar-refractivity contribution in [3.05, 3.63) is 16.1 Å². The van der Waals surface area contributed by atoms with Crippen LogP contribution in [0.1, 0.15) is 69.5 Å². The third kappa shape index (κ3) is 6.26. The summed E-state index contributed by atoms with van der Waals surface area (Å²) in [4.78, 5) is 9.05. The van der Waals surface area contributed by atoms with Crippen LogP contribution in [0.25, 0.3) is 0 Å². The molecule has 1 heterocycles. The van der Waals surface area contributed by atoms with Crippen molar-refractivity contribution >= 4 is 17.3 Å². The van der Waals surface area contributed by atoms with Gasteiger partial charge in [-0.1, -0.05) is 26.7 Å². The molecule has 0 amide bonds. The van der Waals surface area contributed by atoms with Crippen LogP contribution in [0.3, 0.4) is 0 Å². The number of thiazole rings is 1. The Kier molecular flexibility index (Phi) is 8.16. The van der Waals surface area contributed by atoms with Crippen molar-refractivity contribution in [3.63, 3.8) is 0 Å². The molecule has 5 nitrogen and oxygen atoms in total. The lowest BCUT2D eigenvalue weighted by Crippen LogP contribution is -2.43. The lowest BCUT2D eigenvalue weighted by Gasteiger charge is -2.30. The van der Waals surface area contributed by atoms with Crippen LogP contribution in [0.4, 0.5) is 0 Å². The normalized spacial score (nSPS) is 17.2. The molecule has 0 aliphatic heterocycles. The van der Waals surface area contributed by atoms with Crippen LogP contribution in [-0.4, -0.2) is 37.7 Å². The zero-order valence-corrected chi connectivity index (χ0v) is 17.0. The number of guanidine groups is 1. The molecular formula is C19H34N4OS. The molecule has 0 radical (unpaired) electrons. The first-order valence-corrected chi connectivity index (χ1v) is 10.4. The fraction of sp³-hybridized carbons (Fsp3) is 0.789. The lowest BCUT2D eigenvalue weighted by atomic mass is 9.83. The zero-order chi connectivity index (χ0) is 18.1. The molecule has 0 unspecified atom stereocenters. The maximum Gasteiger partial charge on any atom is 0.191 e. The molecule has 1 aliphatic carbocycles. The van der Waals surface area contributed by atoms with Crippen LogP contribution in [0.5, 0.6) is 0 Å². The number of ether oxygens (including phenoxy) is 1. The Morgan fingerprint density at radius 2 is 2.12 bits per heavy atom. The van der Waals surface area contributed by atoms with Gasteiger partial charge in [0.15, 0.2) is 5.96 Å². The van der Waals surface area contributed by atoms with Gasteiger partial charge in [-0.15, -0.1) is 11.3 Å². The first-order valence-electron chi connectivity index (χ1n) is 9.55. The van der Waals surface area contributed by atoms with Crippen LogP contribution >= 0.6 is 11.3 Å². The van der Waals surface area contributed by atoms with Gasteiger partial charge in [0.05, 0.1) is 17.2 Å². The molecule has 1 saturated carbocycles. The molecule has 0 aromatic carbocycles. The minimum atomic E-state index is 0.359. The first kappa shape index (κ1) is 20.2.